The molecule has 0 saturated carbocycles. The molecule has 0 saturated heterocycles. The number of fused-ring (bicyclic) bond motifs is 1. The summed E-state index contributed by atoms with van der Waals surface area (Å²) in [7, 11) is 0. The summed E-state index contributed by atoms with van der Waals surface area (Å²) in [6.07, 6.45) is 0. The van der Waals surface area contributed by atoms with Gasteiger partial charge in [-0.25, -0.2) is 4.98 Å². The molecule has 0 radical (unpaired) electrons. The Morgan fingerprint density at radius 1 is 1.33 bits per heavy atom. The molecule has 0 fully saturated rings. The number of para-hydroxylation sites is 1. The van der Waals surface area contributed by atoms with Crippen LogP contribution in [0.4, 0.5) is 5.95 Å². The quantitative estimate of drug-likeness (QED) is 0.748. The van der Waals surface area contributed by atoms with E-state index in [1.165, 1.54) is 0 Å². The van der Waals surface area contributed by atoms with E-state index in [2.05, 4.69) is 10.1 Å². The lowest BCUT2D eigenvalue weighted by Crippen LogP contribution is -2.04. The van der Waals surface area contributed by atoms with Gasteiger partial charge in [0.2, 0.25) is 5.95 Å². The molecule has 18 heavy (non-hydrogen) atoms. The highest BCUT2D eigenvalue weighted by atomic mass is 16.5. The smallest absolute Gasteiger partial charge is 0.201 e. The second-order valence-electron chi connectivity index (χ2n) is 4.43. The van der Waals surface area contributed by atoms with E-state index >= 15 is 0 Å². The van der Waals surface area contributed by atoms with Gasteiger partial charge in [0.25, 0.3) is 0 Å². The predicted octanol–water partition coefficient (Wildman–Crippen LogP) is 2.27. The first-order valence-electron chi connectivity index (χ1n) is 5.78. The number of rotatable bonds is 2. The van der Waals surface area contributed by atoms with Crippen LogP contribution in [0.3, 0.4) is 0 Å². The van der Waals surface area contributed by atoms with E-state index in [0.29, 0.717) is 12.5 Å². The Hall–Kier alpha value is -2.30. The van der Waals surface area contributed by atoms with Crippen molar-refractivity contribution in [2.75, 3.05) is 5.73 Å². The van der Waals surface area contributed by atoms with Gasteiger partial charge in [0.15, 0.2) is 5.76 Å². The third kappa shape index (κ3) is 1.64. The average Bonchev–Trinajstić information content (AvgIpc) is 2.85. The normalized spacial score (nSPS) is 11.2. The molecule has 0 amide bonds. The zero-order chi connectivity index (χ0) is 12.7. The molecule has 92 valence electrons. The molecule has 1 aromatic carbocycles. The van der Waals surface area contributed by atoms with Crippen LogP contribution in [0.5, 0.6) is 0 Å². The average molecular weight is 242 g/mol. The highest BCUT2D eigenvalue weighted by Crippen LogP contribution is 2.22. The Morgan fingerprint density at radius 2 is 2.17 bits per heavy atom. The number of nitrogens with two attached hydrogens (primary N) is 1. The van der Waals surface area contributed by atoms with E-state index in [9.17, 15) is 0 Å². The first kappa shape index (κ1) is 10.8. The van der Waals surface area contributed by atoms with E-state index in [-0.39, 0.29) is 0 Å². The van der Waals surface area contributed by atoms with E-state index in [4.69, 9.17) is 10.3 Å². The Labute approximate surface area is 104 Å². The van der Waals surface area contributed by atoms with Crippen molar-refractivity contribution < 1.29 is 4.52 Å². The minimum atomic E-state index is 0.494. The Balaban J connectivity index is 2.13. The van der Waals surface area contributed by atoms with Gasteiger partial charge < -0.3 is 14.8 Å². The number of hydrogen-bond donors (Lipinski definition) is 1. The van der Waals surface area contributed by atoms with Crippen molar-refractivity contribution in [2.24, 2.45) is 0 Å². The van der Waals surface area contributed by atoms with Gasteiger partial charge in [0.1, 0.15) is 0 Å². The van der Waals surface area contributed by atoms with Crippen LogP contribution in [0, 0.1) is 13.8 Å². The van der Waals surface area contributed by atoms with E-state index < -0.39 is 0 Å². The topological polar surface area (TPSA) is 69.9 Å². The summed E-state index contributed by atoms with van der Waals surface area (Å²) in [5.74, 6) is 1.27. The molecule has 3 rings (SSSR count). The van der Waals surface area contributed by atoms with Crippen LogP contribution in [0.15, 0.2) is 28.8 Å². The van der Waals surface area contributed by atoms with Crippen molar-refractivity contribution in [3.8, 4) is 0 Å². The predicted molar refractivity (Wildman–Crippen MR) is 69.2 cm³/mol. The Morgan fingerprint density at radius 3 is 2.89 bits per heavy atom. The van der Waals surface area contributed by atoms with Crippen LogP contribution in [-0.2, 0) is 6.54 Å². The SMILES string of the molecule is Cc1cc(Cn2c(N)nc3cccc(C)c32)on1. The monoisotopic (exact) mass is 242 g/mol. The third-order valence-electron chi connectivity index (χ3n) is 2.99. The molecule has 0 unspecified atom stereocenters. The fourth-order valence-electron chi connectivity index (χ4n) is 2.19. The molecule has 3 aromatic rings. The number of anilines is 1. The van der Waals surface area contributed by atoms with Crippen LogP contribution in [0.25, 0.3) is 11.0 Å². The van der Waals surface area contributed by atoms with Crippen LogP contribution in [-0.4, -0.2) is 14.7 Å². The van der Waals surface area contributed by atoms with Gasteiger partial charge in [-0.3, -0.25) is 0 Å². The largest absolute Gasteiger partial charge is 0.369 e. The molecule has 5 heteroatoms. The second kappa shape index (κ2) is 3.87. The molecule has 0 aliphatic heterocycles. The lowest BCUT2D eigenvalue weighted by Gasteiger charge is -2.05. The zero-order valence-corrected chi connectivity index (χ0v) is 10.3. The maximum atomic E-state index is 5.97. The van der Waals surface area contributed by atoms with Crippen molar-refractivity contribution in [3.63, 3.8) is 0 Å². The molecule has 0 atom stereocenters. The summed E-state index contributed by atoms with van der Waals surface area (Å²) in [4.78, 5) is 4.36. The molecule has 0 aliphatic rings. The van der Waals surface area contributed by atoms with Crippen LogP contribution < -0.4 is 5.73 Å². The zero-order valence-electron chi connectivity index (χ0n) is 10.3. The summed E-state index contributed by atoms with van der Waals surface area (Å²) < 4.78 is 7.18. The number of nitrogens with zero attached hydrogens (tertiary/aromatic N) is 3. The number of aromatic nitrogens is 3. The third-order valence-corrected chi connectivity index (χ3v) is 2.99. The molecule has 2 N–H and O–H groups in total. The minimum absolute atomic E-state index is 0.494. The minimum Gasteiger partial charge on any atom is -0.369 e. The number of aryl methyl sites for hydroxylation is 2. The van der Waals surface area contributed by atoms with Crippen molar-refractivity contribution in [2.45, 2.75) is 20.4 Å². The highest BCUT2D eigenvalue weighted by molar-refractivity contribution is 5.81. The molecule has 2 heterocycles. The van der Waals surface area contributed by atoms with Gasteiger partial charge in [-0.2, -0.15) is 0 Å². The van der Waals surface area contributed by atoms with Crippen molar-refractivity contribution in [3.05, 3.63) is 41.3 Å². The van der Waals surface area contributed by atoms with Gasteiger partial charge >= 0.3 is 0 Å². The number of benzene rings is 1. The molecular weight excluding hydrogens is 228 g/mol. The van der Waals surface area contributed by atoms with E-state index in [1.54, 1.807) is 0 Å². The first-order valence-corrected chi connectivity index (χ1v) is 5.78. The molecule has 0 aliphatic carbocycles. The van der Waals surface area contributed by atoms with Gasteiger partial charge in [0.05, 0.1) is 23.3 Å². The Bertz CT molecular complexity index is 711. The second-order valence-corrected chi connectivity index (χ2v) is 4.43. The summed E-state index contributed by atoms with van der Waals surface area (Å²) >= 11 is 0. The molecule has 2 aromatic heterocycles. The van der Waals surface area contributed by atoms with Crippen LogP contribution >= 0.6 is 0 Å². The van der Waals surface area contributed by atoms with Crippen molar-refractivity contribution in [1.82, 2.24) is 14.7 Å². The van der Waals surface area contributed by atoms with Crippen LogP contribution in [0.1, 0.15) is 17.0 Å². The van der Waals surface area contributed by atoms with Crippen molar-refractivity contribution in [1.29, 1.82) is 0 Å². The van der Waals surface area contributed by atoms with Gasteiger partial charge in [-0.1, -0.05) is 17.3 Å². The summed E-state index contributed by atoms with van der Waals surface area (Å²) in [6, 6.07) is 7.89. The summed E-state index contributed by atoms with van der Waals surface area (Å²) in [5, 5.41) is 3.88. The van der Waals surface area contributed by atoms with Gasteiger partial charge in [-0.15, -0.1) is 0 Å². The number of imidazole rings is 1. The maximum Gasteiger partial charge on any atom is 0.201 e. The summed E-state index contributed by atoms with van der Waals surface area (Å²) in [5.41, 5.74) is 9.93. The fraction of sp³-hybridized carbons (Fsp3) is 0.231. The molecule has 5 nitrogen and oxygen atoms in total. The standard InChI is InChI=1S/C13H14N4O/c1-8-4-3-5-11-12(8)17(13(14)15-11)7-10-6-9(2)16-18-10/h3-6H,7H2,1-2H3,(H2,14,15). The summed E-state index contributed by atoms with van der Waals surface area (Å²) in [6.45, 7) is 4.49. The van der Waals surface area contributed by atoms with Crippen LogP contribution in [0.2, 0.25) is 0 Å². The number of hydrogen-bond acceptors (Lipinski definition) is 4. The molecular formula is C13H14N4O. The maximum absolute atomic E-state index is 5.97. The first-order chi connectivity index (χ1) is 8.65. The van der Waals surface area contributed by atoms with Gasteiger partial charge in [-0.05, 0) is 25.5 Å². The van der Waals surface area contributed by atoms with Crippen molar-refractivity contribution >= 4 is 17.0 Å². The molecule has 0 bridgehead atoms. The lowest BCUT2D eigenvalue weighted by atomic mass is 10.2. The lowest BCUT2D eigenvalue weighted by molar-refractivity contribution is 0.374. The Kier molecular flexibility index (Phi) is 2.33. The highest BCUT2D eigenvalue weighted by Gasteiger charge is 2.12. The fourth-order valence-corrected chi connectivity index (χ4v) is 2.19. The van der Waals surface area contributed by atoms with E-state index in [1.807, 2.05) is 42.7 Å². The molecule has 0 spiro atoms. The van der Waals surface area contributed by atoms with E-state index in [0.717, 1.165) is 28.1 Å². The number of nitrogen functional groups attached to an aromatic ring is 1. The van der Waals surface area contributed by atoms with Gasteiger partial charge in [0, 0.05) is 6.07 Å².